The lowest BCUT2D eigenvalue weighted by molar-refractivity contribution is 0.342. The van der Waals surface area contributed by atoms with Crippen molar-refractivity contribution in [3.63, 3.8) is 0 Å². The summed E-state index contributed by atoms with van der Waals surface area (Å²) in [5.41, 5.74) is 8.20. The second kappa shape index (κ2) is 6.74. The highest BCUT2D eigenvalue weighted by molar-refractivity contribution is 5.78. The lowest BCUT2D eigenvalue weighted by Crippen LogP contribution is -2.01. The first kappa shape index (κ1) is 14.8. The standard InChI is InChI=1S/C16H20N2O3/c1-4-21-14-8-6-5-7-12(14)18-13-10-16(20-3)15(19-2)9-11(13)17/h5-10,18H,4,17H2,1-3H3. The molecule has 0 atom stereocenters. The van der Waals surface area contributed by atoms with Gasteiger partial charge in [-0.1, -0.05) is 12.1 Å². The van der Waals surface area contributed by atoms with Crippen molar-refractivity contribution in [2.45, 2.75) is 6.92 Å². The van der Waals surface area contributed by atoms with Crippen LogP contribution in [0.2, 0.25) is 0 Å². The monoisotopic (exact) mass is 288 g/mol. The highest BCUT2D eigenvalue weighted by Gasteiger charge is 2.11. The molecule has 0 saturated heterocycles. The molecule has 0 amide bonds. The average Bonchev–Trinajstić information content (AvgIpc) is 2.51. The summed E-state index contributed by atoms with van der Waals surface area (Å²) in [6.45, 7) is 2.54. The van der Waals surface area contributed by atoms with E-state index in [0.29, 0.717) is 23.8 Å². The van der Waals surface area contributed by atoms with E-state index in [9.17, 15) is 0 Å². The number of para-hydroxylation sites is 2. The van der Waals surface area contributed by atoms with Gasteiger partial charge < -0.3 is 25.3 Å². The van der Waals surface area contributed by atoms with Gasteiger partial charge in [-0.15, -0.1) is 0 Å². The lowest BCUT2D eigenvalue weighted by atomic mass is 10.2. The third-order valence-corrected chi connectivity index (χ3v) is 3.01. The van der Waals surface area contributed by atoms with Crippen molar-refractivity contribution in [2.24, 2.45) is 0 Å². The molecule has 0 spiro atoms. The Morgan fingerprint density at radius 2 is 1.62 bits per heavy atom. The van der Waals surface area contributed by atoms with Gasteiger partial charge in [-0.2, -0.15) is 0 Å². The van der Waals surface area contributed by atoms with Crippen molar-refractivity contribution < 1.29 is 14.2 Å². The Labute approximate surface area is 124 Å². The Bertz CT molecular complexity index is 614. The largest absolute Gasteiger partial charge is 0.493 e. The van der Waals surface area contributed by atoms with Crippen molar-refractivity contribution in [2.75, 3.05) is 31.9 Å². The minimum atomic E-state index is 0.568. The van der Waals surface area contributed by atoms with E-state index in [-0.39, 0.29) is 0 Å². The SMILES string of the molecule is CCOc1ccccc1Nc1cc(OC)c(OC)cc1N. The van der Waals surface area contributed by atoms with Crippen molar-refractivity contribution in [1.82, 2.24) is 0 Å². The third-order valence-electron chi connectivity index (χ3n) is 3.01. The van der Waals surface area contributed by atoms with E-state index in [1.165, 1.54) is 0 Å². The maximum absolute atomic E-state index is 6.05. The zero-order chi connectivity index (χ0) is 15.2. The second-order valence-corrected chi connectivity index (χ2v) is 4.35. The molecular weight excluding hydrogens is 268 g/mol. The average molecular weight is 288 g/mol. The number of hydrogen-bond donors (Lipinski definition) is 2. The van der Waals surface area contributed by atoms with Crippen LogP contribution >= 0.6 is 0 Å². The summed E-state index contributed by atoms with van der Waals surface area (Å²) in [5, 5.41) is 3.27. The lowest BCUT2D eigenvalue weighted by Gasteiger charge is -2.16. The van der Waals surface area contributed by atoms with E-state index < -0.39 is 0 Å². The molecule has 21 heavy (non-hydrogen) atoms. The molecule has 5 heteroatoms. The molecule has 2 rings (SSSR count). The molecule has 0 radical (unpaired) electrons. The van der Waals surface area contributed by atoms with Crippen molar-refractivity contribution >= 4 is 17.1 Å². The molecule has 2 aromatic rings. The van der Waals surface area contributed by atoms with E-state index in [2.05, 4.69) is 5.32 Å². The van der Waals surface area contributed by atoms with Crippen LogP contribution in [-0.4, -0.2) is 20.8 Å². The number of nitrogen functional groups attached to an aromatic ring is 1. The number of ether oxygens (including phenoxy) is 3. The van der Waals surface area contributed by atoms with Gasteiger partial charge in [0.05, 0.1) is 37.9 Å². The van der Waals surface area contributed by atoms with Gasteiger partial charge in [0.25, 0.3) is 0 Å². The number of methoxy groups -OCH3 is 2. The number of nitrogens with one attached hydrogen (secondary N) is 1. The summed E-state index contributed by atoms with van der Waals surface area (Å²) < 4.78 is 16.1. The molecule has 0 aliphatic rings. The molecule has 0 fully saturated rings. The fourth-order valence-corrected chi connectivity index (χ4v) is 2.00. The van der Waals surface area contributed by atoms with Crippen LogP contribution in [0.3, 0.4) is 0 Å². The minimum absolute atomic E-state index is 0.568. The van der Waals surface area contributed by atoms with Gasteiger partial charge in [-0.25, -0.2) is 0 Å². The Hall–Kier alpha value is -2.56. The molecule has 3 N–H and O–H groups in total. The maximum atomic E-state index is 6.05. The van der Waals surface area contributed by atoms with Gasteiger partial charge in [-0.3, -0.25) is 0 Å². The first-order valence-electron chi connectivity index (χ1n) is 6.70. The van der Waals surface area contributed by atoms with Crippen LogP contribution in [0.4, 0.5) is 17.1 Å². The van der Waals surface area contributed by atoms with Crippen molar-refractivity contribution in [3.8, 4) is 17.2 Å². The molecule has 0 aliphatic carbocycles. The number of hydrogen-bond acceptors (Lipinski definition) is 5. The minimum Gasteiger partial charge on any atom is -0.493 e. The Morgan fingerprint density at radius 1 is 0.952 bits per heavy atom. The topological polar surface area (TPSA) is 65.7 Å². The quantitative estimate of drug-likeness (QED) is 0.797. The van der Waals surface area contributed by atoms with Crippen LogP contribution in [0.25, 0.3) is 0 Å². The fourth-order valence-electron chi connectivity index (χ4n) is 2.00. The van der Waals surface area contributed by atoms with Crippen LogP contribution in [-0.2, 0) is 0 Å². The van der Waals surface area contributed by atoms with Crippen LogP contribution in [0.5, 0.6) is 17.2 Å². The summed E-state index contributed by atoms with van der Waals surface area (Å²) in [7, 11) is 3.17. The molecule has 2 aromatic carbocycles. The second-order valence-electron chi connectivity index (χ2n) is 4.35. The zero-order valence-electron chi connectivity index (χ0n) is 12.5. The zero-order valence-corrected chi connectivity index (χ0v) is 12.5. The normalized spacial score (nSPS) is 10.0. The van der Waals surface area contributed by atoms with Crippen LogP contribution in [0.15, 0.2) is 36.4 Å². The predicted octanol–water partition coefficient (Wildman–Crippen LogP) is 3.43. The van der Waals surface area contributed by atoms with Gasteiger partial charge in [0.2, 0.25) is 0 Å². The smallest absolute Gasteiger partial charge is 0.162 e. The highest BCUT2D eigenvalue weighted by Crippen LogP contribution is 2.37. The maximum Gasteiger partial charge on any atom is 0.162 e. The number of benzene rings is 2. The van der Waals surface area contributed by atoms with E-state index in [4.69, 9.17) is 19.9 Å². The molecule has 0 aliphatic heterocycles. The van der Waals surface area contributed by atoms with Crippen molar-refractivity contribution in [3.05, 3.63) is 36.4 Å². The predicted molar refractivity (Wildman–Crippen MR) is 84.9 cm³/mol. The van der Waals surface area contributed by atoms with Gasteiger partial charge in [0.1, 0.15) is 5.75 Å². The van der Waals surface area contributed by atoms with Gasteiger partial charge >= 0.3 is 0 Å². The molecule has 0 heterocycles. The van der Waals surface area contributed by atoms with E-state index in [1.807, 2.05) is 31.2 Å². The molecule has 5 nitrogen and oxygen atoms in total. The van der Waals surface area contributed by atoms with Gasteiger partial charge in [-0.05, 0) is 19.1 Å². The molecule has 112 valence electrons. The van der Waals surface area contributed by atoms with Crippen molar-refractivity contribution in [1.29, 1.82) is 0 Å². The fraction of sp³-hybridized carbons (Fsp3) is 0.250. The van der Waals surface area contributed by atoms with E-state index >= 15 is 0 Å². The van der Waals surface area contributed by atoms with Gasteiger partial charge in [0, 0.05) is 12.1 Å². The summed E-state index contributed by atoms with van der Waals surface area (Å²) >= 11 is 0. The third kappa shape index (κ3) is 3.31. The van der Waals surface area contributed by atoms with E-state index in [0.717, 1.165) is 17.1 Å². The van der Waals surface area contributed by atoms with Crippen LogP contribution in [0.1, 0.15) is 6.92 Å². The molecule has 0 saturated carbocycles. The first-order valence-corrected chi connectivity index (χ1v) is 6.70. The van der Waals surface area contributed by atoms with Crippen LogP contribution in [0, 0.1) is 0 Å². The molecular formula is C16H20N2O3. The number of rotatable bonds is 6. The summed E-state index contributed by atoms with van der Waals surface area (Å²) in [5.74, 6) is 1.98. The number of nitrogens with two attached hydrogens (primary N) is 1. The van der Waals surface area contributed by atoms with Crippen LogP contribution < -0.4 is 25.3 Å². The van der Waals surface area contributed by atoms with E-state index in [1.54, 1.807) is 26.4 Å². The summed E-state index contributed by atoms with van der Waals surface area (Å²) in [4.78, 5) is 0. The Kier molecular flexibility index (Phi) is 4.77. The molecule has 0 unspecified atom stereocenters. The first-order chi connectivity index (χ1) is 10.2. The Balaban J connectivity index is 2.35. The van der Waals surface area contributed by atoms with Gasteiger partial charge in [0.15, 0.2) is 11.5 Å². The summed E-state index contributed by atoms with van der Waals surface area (Å²) in [6, 6.07) is 11.2. The summed E-state index contributed by atoms with van der Waals surface area (Å²) in [6.07, 6.45) is 0. The number of anilines is 3. The molecule has 0 aromatic heterocycles. The Morgan fingerprint density at radius 3 is 2.29 bits per heavy atom. The molecule has 0 bridgehead atoms. The highest BCUT2D eigenvalue weighted by atomic mass is 16.5.